The summed E-state index contributed by atoms with van der Waals surface area (Å²) in [6.45, 7) is -0.365. The van der Waals surface area contributed by atoms with Gasteiger partial charge < -0.3 is 10.5 Å². The van der Waals surface area contributed by atoms with Gasteiger partial charge in [-0.25, -0.2) is 8.78 Å². The van der Waals surface area contributed by atoms with Crippen molar-refractivity contribution in [1.29, 1.82) is 0 Å². The molecule has 7 heteroatoms. The van der Waals surface area contributed by atoms with Crippen LogP contribution in [0, 0.1) is 23.3 Å². The van der Waals surface area contributed by atoms with E-state index >= 15 is 0 Å². The van der Waals surface area contributed by atoms with Crippen LogP contribution >= 0.6 is 11.6 Å². The van der Waals surface area contributed by atoms with Gasteiger partial charge >= 0.3 is 0 Å². The van der Waals surface area contributed by atoms with Crippen LogP contribution in [0.15, 0.2) is 24.3 Å². The van der Waals surface area contributed by atoms with Crippen LogP contribution in [0.3, 0.4) is 0 Å². The third-order valence-corrected chi connectivity index (χ3v) is 2.87. The Morgan fingerprint density at radius 3 is 2.15 bits per heavy atom. The predicted molar refractivity (Wildman–Crippen MR) is 66.5 cm³/mol. The lowest BCUT2D eigenvalue weighted by atomic mass is 10.2. The first-order chi connectivity index (χ1) is 9.40. The molecule has 0 bridgehead atoms. The van der Waals surface area contributed by atoms with Gasteiger partial charge in [0.1, 0.15) is 6.61 Å². The zero-order valence-corrected chi connectivity index (χ0v) is 10.6. The van der Waals surface area contributed by atoms with Gasteiger partial charge in [-0.05, 0) is 12.1 Å². The minimum Gasteiger partial charge on any atom is -0.483 e. The summed E-state index contributed by atoms with van der Waals surface area (Å²) < 4.78 is 57.4. The zero-order chi connectivity index (χ0) is 14.9. The van der Waals surface area contributed by atoms with E-state index in [0.717, 1.165) is 0 Å². The molecule has 2 aromatic carbocycles. The Bertz CT molecular complexity index is 637. The fraction of sp³-hybridized carbons (Fsp3) is 0.0769. The lowest BCUT2D eigenvalue weighted by molar-refractivity contribution is 0.262. The first-order valence-corrected chi connectivity index (χ1v) is 5.77. The van der Waals surface area contributed by atoms with Crippen molar-refractivity contribution < 1.29 is 22.3 Å². The van der Waals surface area contributed by atoms with Gasteiger partial charge in [0.05, 0.1) is 0 Å². The van der Waals surface area contributed by atoms with Crippen LogP contribution in [0.1, 0.15) is 5.56 Å². The van der Waals surface area contributed by atoms with E-state index in [1.165, 1.54) is 18.2 Å². The molecule has 0 fully saturated rings. The van der Waals surface area contributed by atoms with Gasteiger partial charge in [-0.3, -0.25) is 0 Å². The largest absolute Gasteiger partial charge is 0.483 e. The highest BCUT2D eigenvalue weighted by molar-refractivity contribution is 6.31. The Morgan fingerprint density at radius 1 is 1.00 bits per heavy atom. The van der Waals surface area contributed by atoms with Crippen molar-refractivity contribution in [2.24, 2.45) is 0 Å². The minimum atomic E-state index is -1.60. The normalized spacial score (nSPS) is 10.7. The molecule has 0 amide bonds. The Kier molecular flexibility index (Phi) is 4.04. The lowest BCUT2D eigenvalue weighted by Crippen LogP contribution is -2.04. The molecular weight excluding hydrogens is 298 g/mol. The third kappa shape index (κ3) is 2.80. The van der Waals surface area contributed by atoms with Gasteiger partial charge in [0.2, 0.25) is 11.6 Å². The molecule has 2 aromatic rings. The second-order valence-electron chi connectivity index (χ2n) is 3.94. The highest BCUT2D eigenvalue weighted by Gasteiger charge is 2.20. The zero-order valence-electron chi connectivity index (χ0n) is 9.89. The molecule has 0 aliphatic heterocycles. The van der Waals surface area contributed by atoms with Gasteiger partial charge in [0, 0.05) is 22.3 Å². The SMILES string of the molecule is Nc1ccc(COc2c(F)c(F)cc(F)c2F)c(Cl)c1. The summed E-state index contributed by atoms with van der Waals surface area (Å²) >= 11 is 5.84. The van der Waals surface area contributed by atoms with E-state index in [1.54, 1.807) is 0 Å². The second kappa shape index (κ2) is 5.58. The number of ether oxygens (including phenoxy) is 1. The van der Waals surface area contributed by atoms with Gasteiger partial charge in [-0.15, -0.1) is 0 Å². The van der Waals surface area contributed by atoms with Gasteiger partial charge in [0.15, 0.2) is 17.4 Å². The number of benzene rings is 2. The maximum absolute atomic E-state index is 13.4. The molecule has 2 nitrogen and oxygen atoms in total. The number of hydrogen-bond donors (Lipinski definition) is 1. The molecule has 0 heterocycles. The van der Waals surface area contributed by atoms with Gasteiger partial charge in [0.25, 0.3) is 0 Å². The Hall–Kier alpha value is -1.95. The molecule has 0 aliphatic rings. The molecule has 0 radical (unpaired) electrons. The van der Waals surface area contributed by atoms with Crippen LogP contribution in [0.5, 0.6) is 5.75 Å². The lowest BCUT2D eigenvalue weighted by Gasteiger charge is -2.10. The van der Waals surface area contributed by atoms with Crippen molar-refractivity contribution in [1.82, 2.24) is 0 Å². The van der Waals surface area contributed by atoms with Crippen LogP contribution in [-0.2, 0) is 6.61 Å². The highest BCUT2D eigenvalue weighted by atomic mass is 35.5. The first-order valence-electron chi connectivity index (χ1n) is 5.40. The topological polar surface area (TPSA) is 35.2 Å². The van der Waals surface area contributed by atoms with E-state index < -0.39 is 29.0 Å². The Morgan fingerprint density at radius 2 is 1.60 bits per heavy atom. The molecule has 0 unspecified atom stereocenters. The number of nitrogen functional groups attached to an aromatic ring is 1. The average molecular weight is 306 g/mol. The molecule has 0 saturated carbocycles. The van der Waals surface area contributed by atoms with Crippen molar-refractivity contribution in [3.05, 3.63) is 58.1 Å². The molecule has 2 rings (SSSR count). The van der Waals surface area contributed by atoms with E-state index in [4.69, 9.17) is 22.1 Å². The fourth-order valence-electron chi connectivity index (χ4n) is 1.51. The maximum atomic E-state index is 13.4. The van der Waals surface area contributed by atoms with Crippen molar-refractivity contribution in [3.8, 4) is 5.75 Å². The monoisotopic (exact) mass is 305 g/mol. The molecule has 0 aliphatic carbocycles. The molecule has 106 valence electrons. The first kappa shape index (κ1) is 14.5. The van der Waals surface area contributed by atoms with Gasteiger partial charge in [-0.2, -0.15) is 8.78 Å². The summed E-state index contributed by atoms with van der Waals surface area (Å²) in [4.78, 5) is 0. The van der Waals surface area contributed by atoms with Crippen LogP contribution in [0.25, 0.3) is 0 Å². The predicted octanol–water partition coefficient (Wildman–Crippen LogP) is 4.06. The van der Waals surface area contributed by atoms with Crippen LogP contribution in [-0.4, -0.2) is 0 Å². The van der Waals surface area contributed by atoms with E-state index in [9.17, 15) is 17.6 Å². The van der Waals surface area contributed by atoms with Crippen molar-refractivity contribution in [3.63, 3.8) is 0 Å². The van der Waals surface area contributed by atoms with E-state index in [-0.39, 0.29) is 17.7 Å². The Balaban J connectivity index is 2.27. The van der Waals surface area contributed by atoms with Gasteiger partial charge in [-0.1, -0.05) is 17.7 Å². The number of rotatable bonds is 3. The summed E-state index contributed by atoms with van der Waals surface area (Å²) in [5.74, 6) is -7.41. The number of nitrogens with two attached hydrogens (primary N) is 1. The summed E-state index contributed by atoms with van der Waals surface area (Å²) in [7, 11) is 0. The van der Waals surface area contributed by atoms with E-state index in [0.29, 0.717) is 11.3 Å². The van der Waals surface area contributed by atoms with E-state index in [1.807, 2.05) is 0 Å². The molecule has 0 atom stereocenters. The number of hydrogen-bond acceptors (Lipinski definition) is 2. The standard InChI is InChI=1S/C13H8ClF4NO/c14-8-3-7(19)2-1-6(8)5-20-13-11(17)9(15)4-10(16)12(13)18/h1-4H,5,19H2. The van der Waals surface area contributed by atoms with Crippen LogP contribution in [0.2, 0.25) is 5.02 Å². The average Bonchev–Trinajstić information content (AvgIpc) is 2.38. The molecule has 0 aromatic heterocycles. The third-order valence-electron chi connectivity index (χ3n) is 2.52. The molecular formula is C13H8ClF4NO. The molecule has 2 N–H and O–H groups in total. The molecule has 0 spiro atoms. The quantitative estimate of drug-likeness (QED) is 0.527. The Labute approximate surface area is 116 Å². The summed E-state index contributed by atoms with van der Waals surface area (Å²) in [6, 6.07) is 4.50. The summed E-state index contributed by atoms with van der Waals surface area (Å²) in [5.41, 5.74) is 6.24. The summed E-state index contributed by atoms with van der Waals surface area (Å²) in [6.07, 6.45) is 0. The van der Waals surface area contributed by atoms with Crippen molar-refractivity contribution in [2.75, 3.05) is 5.73 Å². The van der Waals surface area contributed by atoms with E-state index in [2.05, 4.69) is 0 Å². The molecule has 0 saturated heterocycles. The maximum Gasteiger partial charge on any atom is 0.203 e. The smallest absolute Gasteiger partial charge is 0.203 e. The molecule has 20 heavy (non-hydrogen) atoms. The minimum absolute atomic E-state index is 0.105. The summed E-state index contributed by atoms with van der Waals surface area (Å²) in [5, 5.41) is 0.211. The second-order valence-corrected chi connectivity index (χ2v) is 4.34. The van der Waals surface area contributed by atoms with Crippen LogP contribution in [0.4, 0.5) is 23.2 Å². The number of halogens is 5. The fourth-order valence-corrected chi connectivity index (χ4v) is 1.75. The van der Waals surface area contributed by atoms with Crippen LogP contribution < -0.4 is 10.5 Å². The van der Waals surface area contributed by atoms with Crippen molar-refractivity contribution >= 4 is 17.3 Å². The van der Waals surface area contributed by atoms with Crippen molar-refractivity contribution in [2.45, 2.75) is 6.61 Å². The number of anilines is 1. The highest BCUT2D eigenvalue weighted by Crippen LogP contribution is 2.28.